The van der Waals surface area contributed by atoms with Gasteiger partial charge in [-0.3, -0.25) is 0 Å². The Balaban J connectivity index is 2.03. The van der Waals surface area contributed by atoms with E-state index in [0.29, 0.717) is 13.0 Å². The molecule has 1 aromatic heterocycles. The molecular weight excluding hydrogens is 312 g/mol. The van der Waals surface area contributed by atoms with E-state index in [1.165, 1.54) is 12.3 Å². The molecule has 2 rings (SSSR count). The summed E-state index contributed by atoms with van der Waals surface area (Å²) in [5.41, 5.74) is 3.33. The fourth-order valence-corrected chi connectivity index (χ4v) is 3.02. The van der Waals surface area contributed by atoms with Crippen molar-refractivity contribution in [2.24, 2.45) is 5.84 Å². The van der Waals surface area contributed by atoms with Crippen LogP contribution < -0.4 is 16.0 Å². The van der Waals surface area contributed by atoms with Crippen LogP contribution in [0, 0.1) is 0 Å². The van der Waals surface area contributed by atoms with Gasteiger partial charge in [-0.25, -0.2) is 24.0 Å². The molecule has 0 atom stereocenters. The molecule has 0 aliphatic heterocycles. The van der Waals surface area contributed by atoms with Crippen LogP contribution in [0.2, 0.25) is 5.02 Å². The predicted molar refractivity (Wildman–Crippen MR) is 82.4 cm³/mol. The van der Waals surface area contributed by atoms with Crippen LogP contribution in [0.15, 0.2) is 47.5 Å². The van der Waals surface area contributed by atoms with E-state index < -0.39 is 10.0 Å². The number of halogens is 1. The van der Waals surface area contributed by atoms with E-state index in [1.54, 1.807) is 0 Å². The zero-order valence-corrected chi connectivity index (χ0v) is 12.7. The zero-order chi connectivity index (χ0) is 15.3. The van der Waals surface area contributed by atoms with Gasteiger partial charge in [-0.15, -0.1) is 0 Å². The molecule has 2 aromatic rings. The molecule has 21 heavy (non-hydrogen) atoms. The van der Waals surface area contributed by atoms with Crippen LogP contribution in [0.1, 0.15) is 5.56 Å². The van der Waals surface area contributed by atoms with E-state index in [1.807, 2.05) is 30.3 Å². The van der Waals surface area contributed by atoms with Crippen molar-refractivity contribution in [2.45, 2.75) is 11.3 Å². The summed E-state index contributed by atoms with van der Waals surface area (Å²) in [6.07, 6.45) is 1.80. The quantitative estimate of drug-likeness (QED) is 0.552. The molecule has 0 amide bonds. The number of hydrazine groups is 1. The van der Waals surface area contributed by atoms with Crippen molar-refractivity contribution in [3.05, 3.63) is 53.2 Å². The first kappa shape index (κ1) is 15.7. The maximum atomic E-state index is 12.1. The van der Waals surface area contributed by atoms with E-state index in [-0.39, 0.29) is 15.7 Å². The lowest BCUT2D eigenvalue weighted by Gasteiger charge is -2.08. The average molecular weight is 327 g/mol. The predicted octanol–water partition coefficient (Wildman–Crippen LogP) is 1.54. The van der Waals surface area contributed by atoms with Gasteiger partial charge in [0, 0.05) is 12.7 Å². The molecule has 8 heteroatoms. The number of nitrogens with two attached hydrogens (primary N) is 1. The number of pyridine rings is 1. The number of sulfonamides is 1. The van der Waals surface area contributed by atoms with Gasteiger partial charge in [-0.2, -0.15) is 0 Å². The van der Waals surface area contributed by atoms with Gasteiger partial charge in [0.15, 0.2) is 5.82 Å². The minimum absolute atomic E-state index is 0.000406. The summed E-state index contributed by atoms with van der Waals surface area (Å²) < 4.78 is 26.7. The average Bonchev–Trinajstić information content (AvgIpc) is 2.48. The van der Waals surface area contributed by atoms with Crippen molar-refractivity contribution >= 4 is 27.4 Å². The van der Waals surface area contributed by atoms with Crippen LogP contribution >= 0.6 is 11.6 Å². The van der Waals surface area contributed by atoms with Crippen molar-refractivity contribution < 1.29 is 8.42 Å². The second-order valence-electron chi connectivity index (χ2n) is 4.28. The van der Waals surface area contributed by atoms with Gasteiger partial charge in [0.25, 0.3) is 0 Å². The fraction of sp³-hybridized carbons (Fsp3) is 0.154. The Morgan fingerprint density at radius 1 is 1.24 bits per heavy atom. The molecule has 1 aromatic carbocycles. The Bertz CT molecular complexity index is 707. The number of hydrogen-bond donors (Lipinski definition) is 3. The highest BCUT2D eigenvalue weighted by Crippen LogP contribution is 2.21. The first-order valence-electron chi connectivity index (χ1n) is 6.18. The number of nitrogens with zero attached hydrogens (tertiary/aromatic N) is 1. The lowest BCUT2D eigenvalue weighted by molar-refractivity contribution is 0.581. The van der Waals surface area contributed by atoms with E-state index in [4.69, 9.17) is 17.4 Å². The van der Waals surface area contributed by atoms with Crippen LogP contribution in [0.4, 0.5) is 5.82 Å². The molecule has 0 aliphatic rings. The lowest BCUT2D eigenvalue weighted by Crippen LogP contribution is -2.26. The molecule has 4 N–H and O–H groups in total. The molecule has 0 spiro atoms. The van der Waals surface area contributed by atoms with Crippen molar-refractivity contribution in [3.8, 4) is 0 Å². The molecule has 1 heterocycles. The third-order valence-corrected chi connectivity index (χ3v) is 4.53. The topological polar surface area (TPSA) is 97.1 Å². The number of hydrogen-bond acceptors (Lipinski definition) is 5. The molecule has 0 saturated carbocycles. The summed E-state index contributed by atoms with van der Waals surface area (Å²) in [6.45, 7) is 0.293. The third-order valence-electron chi connectivity index (χ3n) is 2.81. The van der Waals surface area contributed by atoms with Gasteiger partial charge in [0.05, 0.1) is 5.02 Å². The standard InChI is InChI=1S/C13H15ClN4O2S/c14-12-8-11(9-16-13(12)18-15)21(19,20)17-7-6-10-4-2-1-3-5-10/h1-5,8-9,17H,6-7,15H2,(H,16,18). The van der Waals surface area contributed by atoms with Crippen molar-refractivity contribution in [1.29, 1.82) is 0 Å². The van der Waals surface area contributed by atoms with E-state index in [9.17, 15) is 8.42 Å². The second kappa shape index (κ2) is 6.86. The van der Waals surface area contributed by atoms with Crippen LogP contribution in [0.3, 0.4) is 0 Å². The molecule has 0 unspecified atom stereocenters. The molecule has 0 bridgehead atoms. The van der Waals surface area contributed by atoms with Crippen molar-refractivity contribution in [1.82, 2.24) is 9.71 Å². The summed E-state index contributed by atoms with van der Waals surface area (Å²) in [5.74, 6) is 5.41. The molecular formula is C13H15ClN4O2S. The highest BCUT2D eigenvalue weighted by Gasteiger charge is 2.15. The Labute approximate surface area is 128 Å². The Hall–Kier alpha value is -1.67. The maximum absolute atomic E-state index is 12.1. The summed E-state index contributed by atoms with van der Waals surface area (Å²) in [5, 5.41) is 0.142. The lowest BCUT2D eigenvalue weighted by atomic mass is 10.2. The molecule has 0 fully saturated rings. The zero-order valence-electron chi connectivity index (χ0n) is 11.1. The van der Waals surface area contributed by atoms with Crippen LogP contribution in [-0.4, -0.2) is 19.9 Å². The Morgan fingerprint density at radius 3 is 2.57 bits per heavy atom. The number of rotatable bonds is 6. The summed E-state index contributed by atoms with van der Waals surface area (Å²) in [7, 11) is -3.64. The van der Waals surface area contributed by atoms with Crippen molar-refractivity contribution in [2.75, 3.05) is 12.0 Å². The number of anilines is 1. The van der Waals surface area contributed by atoms with Gasteiger partial charge in [-0.1, -0.05) is 41.9 Å². The van der Waals surface area contributed by atoms with E-state index >= 15 is 0 Å². The smallest absolute Gasteiger partial charge is 0.242 e. The molecule has 0 aliphatic carbocycles. The SMILES string of the molecule is NNc1ncc(S(=O)(=O)NCCc2ccccc2)cc1Cl. The molecule has 112 valence electrons. The second-order valence-corrected chi connectivity index (χ2v) is 6.45. The number of nitrogens with one attached hydrogen (secondary N) is 2. The molecule has 0 radical (unpaired) electrons. The fourth-order valence-electron chi connectivity index (χ4n) is 1.73. The highest BCUT2D eigenvalue weighted by molar-refractivity contribution is 7.89. The van der Waals surface area contributed by atoms with E-state index in [0.717, 1.165) is 5.56 Å². The molecule has 0 saturated heterocycles. The number of aromatic nitrogens is 1. The Morgan fingerprint density at radius 2 is 1.95 bits per heavy atom. The minimum atomic E-state index is -3.64. The summed E-state index contributed by atoms with van der Waals surface area (Å²) in [6, 6.07) is 10.9. The van der Waals surface area contributed by atoms with Gasteiger partial charge in [-0.05, 0) is 18.1 Å². The van der Waals surface area contributed by atoms with Gasteiger partial charge in [0.2, 0.25) is 10.0 Å². The maximum Gasteiger partial charge on any atom is 0.242 e. The normalized spacial score (nSPS) is 11.3. The monoisotopic (exact) mass is 326 g/mol. The van der Waals surface area contributed by atoms with Gasteiger partial charge >= 0.3 is 0 Å². The summed E-state index contributed by atoms with van der Waals surface area (Å²) in [4.78, 5) is 3.84. The van der Waals surface area contributed by atoms with Gasteiger partial charge in [0.1, 0.15) is 4.90 Å². The molecule has 6 nitrogen and oxygen atoms in total. The number of benzene rings is 1. The van der Waals surface area contributed by atoms with Crippen LogP contribution in [-0.2, 0) is 16.4 Å². The Kier molecular flexibility index (Phi) is 5.13. The van der Waals surface area contributed by atoms with E-state index in [2.05, 4.69) is 15.1 Å². The first-order valence-corrected chi connectivity index (χ1v) is 8.05. The number of nitrogen functional groups attached to an aromatic ring is 1. The van der Waals surface area contributed by atoms with Crippen LogP contribution in [0.25, 0.3) is 0 Å². The van der Waals surface area contributed by atoms with Gasteiger partial charge < -0.3 is 5.43 Å². The minimum Gasteiger partial charge on any atom is -0.307 e. The van der Waals surface area contributed by atoms with Crippen molar-refractivity contribution in [3.63, 3.8) is 0 Å². The summed E-state index contributed by atoms with van der Waals surface area (Å²) >= 11 is 5.87. The van der Waals surface area contributed by atoms with Crippen LogP contribution in [0.5, 0.6) is 0 Å². The third kappa shape index (κ3) is 4.15. The highest BCUT2D eigenvalue weighted by atomic mass is 35.5. The largest absolute Gasteiger partial charge is 0.307 e. The first-order chi connectivity index (χ1) is 10.0.